The number of aryl methyl sites for hydroxylation is 1. The van der Waals surface area contributed by atoms with E-state index in [9.17, 15) is 4.79 Å². The lowest BCUT2D eigenvalue weighted by atomic mass is 10.4. The molecule has 0 saturated carbocycles. The van der Waals surface area contributed by atoms with Crippen molar-refractivity contribution < 1.29 is 4.79 Å². The van der Waals surface area contributed by atoms with Crippen LogP contribution in [-0.4, -0.2) is 21.3 Å². The van der Waals surface area contributed by atoms with E-state index in [0.29, 0.717) is 12.1 Å². The fraction of sp³-hybridized carbons (Fsp3) is 0.400. The van der Waals surface area contributed by atoms with Gasteiger partial charge in [0, 0.05) is 19.7 Å². The van der Waals surface area contributed by atoms with Crippen molar-refractivity contribution in [2.45, 2.75) is 6.42 Å². The molecule has 0 aromatic carbocycles. The lowest BCUT2D eigenvalue weighted by Crippen LogP contribution is -1.85. The Morgan fingerprint density at radius 3 is 3.11 bits per heavy atom. The highest BCUT2D eigenvalue weighted by Crippen LogP contribution is 1.88. The molecule has 1 rings (SSSR count). The summed E-state index contributed by atoms with van der Waals surface area (Å²) in [5.74, 6) is 0. The molecule has 0 aliphatic rings. The molecule has 48 valence electrons. The molecule has 0 aliphatic heterocycles. The third-order valence-corrected chi connectivity index (χ3v) is 0.943. The van der Waals surface area contributed by atoms with Gasteiger partial charge in [0.15, 0.2) is 0 Å². The van der Waals surface area contributed by atoms with E-state index in [0.717, 1.165) is 6.29 Å². The molecule has 0 unspecified atom stereocenters. The maximum atomic E-state index is 9.91. The minimum Gasteiger partial charge on any atom is -0.303 e. The van der Waals surface area contributed by atoms with Gasteiger partial charge in [-0.25, -0.2) is 0 Å². The van der Waals surface area contributed by atoms with E-state index in [1.165, 1.54) is 0 Å². The molecular weight excluding hydrogens is 118 g/mol. The normalized spacial score (nSPS) is 9.44. The number of rotatable bonds is 2. The van der Waals surface area contributed by atoms with Crippen LogP contribution in [0.3, 0.4) is 0 Å². The lowest BCUT2D eigenvalue weighted by molar-refractivity contribution is -0.107. The number of hydrogen-bond donors (Lipinski definition) is 0. The zero-order valence-electron chi connectivity index (χ0n) is 5.11. The SMILES string of the molecule is Cn1cc(CC=O)nn1. The predicted molar refractivity (Wildman–Crippen MR) is 30.8 cm³/mol. The molecular formula is C5H7N3O. The minimum atomic E-state index is 0.355. The standard InChI is InChI=1S/C5H7N3O/c1-8-4-5(2-3-9)6-7-8/h3-4H,2H2,1H3. The molecule has 0 atom stereocenters. The monoisotopic (exact) mass is 125 g/mol. The number of hydrogen-bond acceptors (Lipinski definition) is 3. The van der Waals surface area contributed by atoms with Gasteiger partial charge in [0.05, 0.1) is 5.69 Å². The first-order valence-electron chi connectivity index (χ1n) is 2.62. The Bertz CT molecular complexity index is 206. The predicted octanol–water partition coefficient (Wildman–Crippen LogP) is -0.444. The third-order valence-electron chi connectivity index (χ3n) is 0.943. The van der Waals surface area contributed by atoms with E-state index in [1.807, 2.05) is 0 Å². The molecule has 0 bridgehead atoms. The second-order valence-electron chi connectivity index (χ2n) is 1.75. The molecule has 0 N–H and O–H groups in total. The summed E-state index contributed by atoms with van der Waals surface area (Å²) >= 11 is 0. The van der Waals surface area contributed by atoms with Gasteiger partial charge in [0.1, 0.15) is 6.29 Å². The molecule has 0 aliphatic carbocycles. The van der Waals surface area contributed by atoms with Crippen LogP contribution >= 0.6 is 0 Å². The van der Waals surface area contributed by atoms with Crippen molar-refractivity contribution in [1.82, 2.24) is 15.0 Å². The molecule has 9 heavy (non-hydrogen) atoms. The average molecular weight is 125 g/mol. The minimum absolute atomic E-state index is 0.355. The second kappa shape index (κ2) is 2.39. The maximum Gasteiger partial charge on any atom is 0.126 e. The summed E-state index contributed by atoms with van der Waals surface area (Å²) in [5.41, 5.74) is 0.715. The van der Waals surface area contributed by atoms with E-state index >= 15 is 0 Å². The van der Waals surface area contributed by atoms with E-state index in [4.69, 9.17) is 0 Å². The number of carbonyl (C=O) groups excluding carboxylic acids is 1. The molecule has 0 saturated heterocycles. The van der Waals surface area contributed by atoms with Crippen molar-refractivity contribution in [3.63, 3.8) is 0 Å². The Morgan fingerprint density at radius 2 is 2.67 bits per heavy atom. The van der Waals surface area contributed by atoms with Crippen molar-refractivity contribution in [3.8, 4) is 0 Å². The Hall–Kier alpha value is -1.19. The summed E-state index contributed by atoms with van der Waals surface area (Å²) in [4.78, 5) is 9.91. The quantitative estimate of drug-likeness (QED) is 0.503. The second-order valence-corrected chi connectivity index (χ2v) is 1.75. The summed E-state index contributed by atoms with van der Waals surface area (Å²) in [7, 11) is 1.77. The van der Waals surface area contributed by atoms with Crippen LogP contribution in [0.4, 0.5) is 0 Å². The van der Waals surface area contributed by atoms with Gasteiger partial charge < -0.3 is 4.79 Å². The van der Waals surface area contributed by atoms with Gasteiger partial charge in [-0.3, -0.25) is 4.68 Å². The van der Waals surface area contributed by atoms with Crippen molar-refractivity contribution in [2.24, 2.45) is 7.05 Å². The van der Waals surface area contributed by atoms with Gasteiger partial charge in [0.25, 0.3) is 0 Å². The molecule has 4 heteroatoms. The van der Waals surface area contributed by atoms with Gasteiger partial charge in [-0.05, 0) is 0 Å². The van der Waals surface area contributed by atoms with Crippen LogP contribution in [-0.2, 0) is 18.3 Å². The number of aromatic nitrogens is 3. The summed E-state index contributed by atoms with van der Waals surface area (Å²) in [6, 6.07) is 0. The first-order valence-corrected chi connectivity index (χ1v) is 2.62. The molecule has 1 heterocycles. The fourth-order valence-corrected chi connectivity index (χ4v) is 0.574. The smallest absolute Gasteiger partial charge is 0.126 e. The summed E-state index contributed by atoms with van der Waals surface area (Å²) in [6.45, 7) is 0. The van der Waals surface area contributed by atoms with Crippen molar-refractivity contribution in [2.75, 3.05) is 0 Å². The van der Waals surface area contributed by atoms with Crippen LogP contribution in [0.2, 0.25) is 0 Å². The van der Waals surface area contributed by atoms with Crippen molar-refractivity contribution in [1.29, 1.82) is 0 Å². The zero-order chi connectivity index (χ0) is 6.69. The number of aldehydes is 1. The van der Waals surface area contributed by atoms with Gasteiger partial charge in [-0.1, -0.05) is 5.21 Å². The first-order chi connectivity index (χ1) is 4.33. The van der Waals surface area contributed by atoms with Crippen molar-refractivity contribution >= 4 is 6.29 Å². The summed E-state index contributed by atoms with van der Waals surface area (Å²) in [5, 5.41) is 7.33. The van der Waals surface area contributed by atoms with Crippen LogP contribution in [0.15, 0.2) is 6.20 Å². The highest BCUT2D eigenvalue weighted by atomic mass is 16.1. The Balaban J connectivity index is 2.72. The molecule has 1 aromatic heterocycles. The van der Waals surface area contributed by atoms with Gasteiger partial charge in [-0.15, -0.1) is 5.10 Å². The summed E-state index contributed by atoms with van der Waals surface area (Å²) in [6.07, 6.45) is 2.88. The van der Waals surface area contributed by atoms with Gasteiger partial charge >= 0.3 is 0 Å². The molecule has 0 amide bonds. The number of nitrogens with zero attached hydrogens (tertiary/aromatic N) is 3. The molecule has 0 fully saturated rings. The van der Waals surface area contributed by atoms with E-state index in [-0.39, 0.29) is 0 Å². The third kappa shape index (κ3) is 1.35. The van der Waals surface area contributed by atoms with Crippen LogP contribution in [0.1, 0.15) is 5.69 Å². The molecule has 0 spiro atoms. The number of carbonyl (C=O) groups is 1. The van der Waals surface area contributed by atoms with Crippen LogP contribution in [0.25, 0.3) is 0 Å². The van der Waals surface area contributed by atoms with E-state index in [2.05, 4.69) is 10.3 Å². The highest BCUT2D eigenvalue weighted by Gasteiger charge is 1.93. The van der Waals surface area contributed by atoms with Gasteiger partial charge in [-0.2, -0.15) is 0 Å². The van der Waals surface area contributed by atoms with Crippen LogP contribution in [0.5, 0.6) is 0 Å². The Labute approximate surface area is 52.5 Å². The van der Waals surface area contributed by atoms with E-state index in [1.54, 1.807) is 17.9 Å². The molecule has 1 aromatic rings. The van der Waals surface area contributed by atoms with Crippen molar-refractivity contribution in [3.05, 3.63) is 11.9 Å². The fourth-order valence-electron chi connectivity index (χ4n) is 0.574. The topological polar surface area (TPSA) is 47.8 Å². The molecule has 4 nitrogen and oxygen atoms in total. The maximum absolute atomic E-state index is 9.91. The summed E-state index contributed by atoms with van der Waals surface area (Å²) < 4.78 is 1.57. The Morgan fingerprint density at radius 1 is 1.89 bits per heavy atom. The van der Waals surface area contributed by atoms with Crippen LogP contribution < -0.4 is 0 Å². The van der Waals surface area contributed by atoms with E-state index < -0.39 is 0 Å². The Kier molecular flexibility index (Phi) is 1.58. The highest BCUT2D eigenvalue weighted by molar-refractivity contribution is 5.53. The largest absolute Gasteiger partial charge is 0.303 e. The average Bonchev–Trinajstić information content (AvgIpc) is 2.17. The van der Waals surface area contributed by atoms with Crippen LogP contribution in [0, 0.1) is 0 Å². The zero-order valence-corrected chi connectivity index (χ0v) is 5.11. The lowest BCUT2D eigenvalue weighted by Gasteiger charge is -1.78. The first kappa shape index (κ1) is 5.94. The molecule has 0 radical (unpaired) electrons. The van der Waals surface area contributed by atoms with Gasteiger partial charge in [0.2, 0.25) is 0 Å².